The molecule has 1 spiro atoms. The first-order valence-corrected chi connectivity index (χ1v) is 26.2. The van der Waals surface area contributed by atoms with E-state index >= 15 is 0 Å². The van der Waals surface area contributed by atoms with Crippen LogP contribution in [-0.2, 0) is 18.3 Å². The Morgan fingerprint density at radius 1 is 0.280 bits per heavy atom. The van der Waals surface area contributed by atoms with Crippen LogP contribution in [0.25, 0.3) is 113 Å². The Kier molecular flexibility index (Phi) is 9.96. The van der Waals surface area contributed by atoms with Crippen LogP contribution in [-0.4, -0.2) is 9.13 Å². The van der Waals surface area contributed by atoms with Crippen molar-refractivity contribution in [3.8, 4) is 44.8 Å². The molecule has 0 aliphatic heterocycles. The summed E-state index contributed by atoms with van der Waals surface area (Å²) in [6.45, 7) is 0. The fourth-order valence-corrected chi connectivity index (χ4v) is 12.7. The molecule has 13 aromatic rings. The van der Waals surface area contributed by atoms with Crippen molar-refractivity contribution >= 4 is 67.9 Å². The van der Waals surface area contributed by atoms with Gasteiger partial charge in [-0.05, 0) is 164 Å². The molecule has 352 valence electrons. The maximum Gasteiger partial charge on any atom is 0.0541 e. The van der Waals surface area contributed by atoms with E-state index in [-0.39, 0.29) is 5.41 Å². The molecule has 2 heterocycles. The summed E-state index contributed by atoms with van der Waals surface area (Å²) in [5.41, 5.74) is 25.4. The van der Waals surface area contributed by atoms with Gasteiger partial charge in [-0.3, -0.25) is 0 Å². The highest BCUT2D eigenvalue weighted by molar-refractivity contribution is 6.11. The van der Waals surface area contributed by atoms with Crippen LogP contribution in [0, 0.1) is 0 Å². The number of fused-ring (bicyclic) bond motifs is 12. The second-order valence-corrected chi connectivity index (χ2v) is 20.6. The average Bonchev–Trinajstić information content (AvgIpc) is 4.29. The fraction of sp³-hybridized carbons (Fsp3) is 0.0411. The Balaban J connectivity index is 0.706. The Morgan fingerprint density at radius 3 is 1.09 bits per heavy atom. The van der Waals surface area contributed by atoms with Crippen LogP contribution in [0.1, 0.15) is 44.5 Å². The van der Waals surface area contributed by atoms with E-state index in [0.29, 0.717) is 0 Å². The monoisotopic (exact) mass is 954 g/mol. The largest absolute Gasteiger partial charge is 0.309 e. The zero-order valence-electron chi connectivity index (χ0n) is 41.4. The molecule has 0 unspecified atom stereocenters. The van der Waals surface area contributed by atoms with E-state index < -0.39 is 0 Å². The van der Waals surface area contributed by atoms with Gasteiger partial charge in [0.2, 0.25) is 0 Å². The van der Waals surface area contributed by atoms with Crippen LogP contribution in [0.2, 0.25) is 0 Å². The Labute approximate surface area is 437 Å². The highest BCUT2D eigenvalue weighted by Crippen LogP contribution is 2.57. The van der Waals surface area contributed by atoms with Gasteiger partial charge in [0.05, 0.1) is 22.1 Å². The van der Waals surface area contributed by atoms with Crippen LogP contribution in [0.5, 0.6) is 0 Å². The summed E-state index contributed by atoms with van der Waals surface area (Å²) in [6, 6.07) is 94.1. The quantitative estimate of drug-likeness (QED) is 0.134. The molecule has 2 aromatic heterocycles. The number of hydrogen-bond donors (Lipinski definition) is 0. The molecule has 15 rings (SSSR count). The van der Waals surface area contributed by atoms with Crippen LogP contribution >= 0.6 is 0 Å². The van der Waals surface area contributed by atoms with Crippen molar-refractivity contribution in [2.45, 2.75) is 18.3 Å². The second-order valence-electron chi connectivity index (χ2n) is 20.6. The first kappa shape index (κ1) is 43.1. The van der Waals surface area contributed by atoms with Crippen molar-refractivity contribution < 1.29 is 0 Å². The number of benzene rings is 11. The van der Waals surface area contributed by atoms with Crippen molar-refractivity contribution in [1.82, 2.24) is 9.13 Å². The van der Waals surface area contributed by atoms with Gasteiger partial charge in [0, 0.05) is 38.3 Å². The topological polar surface area (TPSA) is 9.86 Å². The van der Waals surface area contributed by atoms with E-state index in [1.807, 2.05) is 0 Å². The highest BCUT2D eigenvalue weighted by atomic mass is 15.0. The first-order chi connectivity index (χ1) is 37.1. The lowest BCUT2D eigenvalue weighted by atomic mass is 9.74. The van der Waals surface area contributed by atoms with Gasteiger partial charge in [0.1, 0.15) is 0 Å². The molecule has 0 N–H and O–H groups in total. The minimum absolute atomic E-state index is 0.130. The number of aromatic nitrogens is 2. The Hall–Kier alpha value is -9.50. The zero-order chi connectivity index (χ0) is 49.5. The van der Waals surface area contributed by atoms with Crippen LogP contribution < -0.4 is 0 Å². The van der Waals surface area contributed by atoms with Gasteiger partial charge in [0.15, 0.2) is 0 Å². The molecule has 11 aromatic carbocycles. The molecule has 0 atom stereocenters. The lowest BCUT2D eigenvalue weighted by Gasteiger charge is -2.27. The van der Waals surface area contributed by atoms with Crippen molar-refractivity contribution in [3.63, 3.8) is 0 Å². The second kappa shape index (κ2) is 17.3. The minimum atomic E-state index is -0.130. The minimum Gasteiger partial charge on any atom is -0.309 e. The Bertz CT molecular complexity index is 4140. The molecule has 0 radical (unpaired) electrons. The molecule has 0 amide bonds. The summed E-state index contributed by atoms with van der Waals surface area (Å²) >= 11 is 0. The predicted molar refractivity (Wildman–Crippen MR) is 317 cm³/mol. The lowest BCUT2D eigenvalue weighted by molar-refractivity contribution is 0.564. The van der Waals surface area contributed by atoms with Crippen molar-refractivity contribution in [2.75, 3.05) is 0 Å². The molecule has 0 saturated carbocycles. The molecular weight excluding hydrogens is 905 g/mol. The van der Waals surface area contributed by atoms with E-state index in [4.69, 9.17) is 0 Å². The Morgan fingerprint density at radius 2 is 0.640 bits per heavy atom. The lowest BCUT2D eigenvalue weighted by Crippen LogP contribution is -2.26. The van der Waals surface area contributed by atoms with E-state index in [9.17, 15) is 0 Å². The predicted octanol–water partition coefficient (Wildman–Crippen LogP) is 18.6. The number of para-hydroxylation sites is 4. The summed E-state index contributed by atoms with van der Waals surface area (Å²) in [4.78, 5) is 0. The molecule has 75 heavy (non-hydrogen) atoms. The molecule has 2 aliphatic rings. The third kappa shape index (κ3) is 7.17. The molecule has 0 bridgehead atoms. The van der Waals surface area contributed by atoms with Crippen molar-refractivity contribution in [2.24, 2.45) is 0 Å². The summed E-state index contributed by atoms with van der Waals surface area (Å²) in [5.74, 6) is 0. The molecular formula is C73H50N2. The molecule has 0 saturated heterocycles. The normalized spacial score (nSPS) is 13.5. The first-order valence-electron chi connectivity index (χ1n) is 26.2. The van der Waals surface area contributed by atoms with E-state index in [1.165, 1.54) is 133 Å². The summed E-state index contributed by atoms with van der Waals surface area (Å²) in [5, 5.41) is 5.06. The summed E-state index contributed by atoms with van der Waals surface area (Å²) in [7, 11) is 0. The standard InChI is InChI=1S/C73H50N2/c1-3-15-59(16-4-1)74-69-21-11-9-19-63(69)65-43-51(31-41-71(65)74)25-23-49-27-33-53(34-28-49)55-37-39-61-62-40-38-56(46-68(62)73(67(61)45-55)47-57-13-7-8-14-58(57)48-73)54-35-29-50(30-36-54)24-26-52-32-42-72-66(44-52)64-20-10-12-22-70(64)75(72)60-17-5-2-6-18-60/h1-46H,47-48H2. The van der Waals surface area contributed by atoms with Crippen LogP contribution in [0.3, 0.4) is 0 Å². The zero-order valence-corrected chi connectivity index (χ0v) is 41.4. The van der Waals surface area contributed by atoms with Crippen LogP contribution in [0.4, 0.5) is 0 Å². The smallest absolute Gasteiger partial charge is 0.0541 e. The third-order valence-electron chi connectivity index (χ3n) is 16.3. The summed E-state index contributed by atoms with van der Waals surface area (Å²) < 4.78 is 4.74. The fourth-order valence-electron chi connectivity index (χ4n) is 12.7. The van der Waals surface area contributed by atoms with Crippen molar-refractivity contribution in [1.29, 1.82) is 0 Å². The molecule has 0 fully saturated rings. The van der Waals surface area contributed by atoms with E-state index in [1.54, 1.807) is 0 Å². The molecule has 2 aliphatic carbocycles. The van der Waals surface area contributed by atoms with Gasteiger partial charge in [-0.2, -0.15) is 0 Å². The SMILES string of the molecule is C(=Cc1ccc2c(c1)c1ccccc1n2-c1ccccc1)c1ccc(-c2ccc3c(c2)C2(Cc4ccccc4C2)c2cc(-c4ccc(C=Cc5ccc6c(c5)c5ccccc5n6-c5ccccc5)cc4)ccc2-3)cc1. The van der Waals surface area contributed by atoms with E-state index in [0.717, 1.165) is 12.8 Å². The van der Waals surface area contributed by atoms with Gasteiger partial charge >= 0.3 is 0 Å². The number of hydrogen-bond acceptors (Lipinski definition) is 0. The van der Waals surface area contributed by atoms with Crippen molar-refractivity contribution in [3.05, 3.63) is 299 Å². The molecule has 2 nitrogen and oxygen atoms in total. The number of nitrogens with zero attached hydrogens (tertiary/aromatic N) is 2. The molecule has 2 heteroatoms. The van der Waals surface area contributed by atoms with Gasteiger partial charge in [-0.25, -0.2) is 0 Å². The maximum atomic E-state index is 2.51. The summed E-state index contributed by atoms with van der Waals surface area (Å²) in [6.07, 6.45) is 11.0. The third-order valence-corrected chi connectivity index (χ3v) is 16.3. The maximum absolute atomic E-state index is 2.51. The van der Waals surface area contributed by atoms with Gasteiger partial charge in [0.25, 0.3) is 0 Å². The highest BCUT2D eigenvalue weighted by Gasteiger charge is 2.47. The van der Waals surface area contributed by atoms with Crippen LogP contribution in [0.15, 0.2) is 255 Å². The number of rotatable bonds is 8. The van der Waals surface area contributed by atoms with Gasteiger partial charge < -0.3 is 9.13 Å². The van der Waals surface area contributed by atoms with E-state index in [2.05, 4.69) is 288 Å². The van der Waals surface area contributed by atoms with Gasteiger partial charge in [-0.15, -0.1) is 0 Å². The van der Waals surface area contributed by atoms with Gasteiger partial charge in [-0.1, -0.05) is 206 Å². The average molecular weight is 955 g/mol.